The first kappa shape index (κ1) is 15.7. The smallest absolute Gasteiger partial charge is 0.330 e. The molecule has 0 saturated heterocycles. The van der Waals surface area contributed by atoms with Crippen molar-refractivity contribution in [2.24, 2.45) is 0 Å². The summed E-state index contributed by atoms with van der Waals surface area (Å²) in [6.45, 7) is 0. The molecule has 0 unspecified atom stereocenters. The lowest BCUT2D eigenvalue weighted by Gasteiger charge is -2.15. The van der Waals surface area contributed by atoms with Gasteiger partial charge in [-0.2, -0.15) is 0 Å². The van der Waals surface area contributed by atoms with Gasteiger partial charge in [-0.25, -0.2) is 4.79 Å². The minimum absolute atomic E-state index is 0.375. The first-order valence-corrected chi connectivity index (χ1v) is 7.61. The molecule has 0 heterocycles. The van der Waals surface area contributed by atoms with Gasteiger partial charge in [0, 0.05) is 8.95 Å². The number of rotatable bonds is 4. The lowest BCUT2D eigenvalue weighted by atomic mass is 10.1. The van der Waals surface area contributed by atoms with Crippen LogP contribution < -0.4 is 5.32 Å². The molecule has 0 spiro atoms. The summed E-state index contributed by atoms with van der Waals surface area (Å²) in [6.07, 6.45) is 0. The summed E-state index contributed by atoms with van der Waals surface area (Å²) in [4.78, 5) is 23.6. The molecule has 0 bridgehead atoms. The van der Waals surface area contributed by atoms with Crippen LogP contribution in [0.2, 0.25) is 0 Å². The number of halogens is 2. The van der Waals surface area contributed by atoms with Crippen molar-refractivity contribution in [3.63, 3.8) is 0 Å². The van der Waals surface area contributed by atoms with Gasteiger partial charge in [0.2, 0.25) is 0 Å². The van der Waals surface area contributed by atoms with Crippen LogP contribution in [0.1, 0.15) is 22.0 Å². The fourth-order valence-corrected chi connectivity index (χ4v) is 3.04. The topological polar surface area (TPSA) is 66.4 Å². The van der Waals surface area contributed by atoms with Crippen LogP contribution in [-0.4, -0.2) is 17.0 Å². The summed E-state index contributed by atoms with van der Waals surface area (Å²) in [5, 5.41) is 11.8. The van der Waals surface area contributed by atoms with Crippen LogP contribution in [0.3, 0.4) is 0 Å². The number of nitrogens with one attached hydrogen (secondary N) is 1. The third-order valence-electron chi connectivity index (χ3n) is 2.83. The van der Waals surface area contributed by atoms with Gasteiger partial charge >= 0.3 is 5.97 Å². The van der Waals surface area contributed by atoms with E-state index in [0.29, 0.717) is 15.6 Å². The van der Waals surface area contributed by atoms with Gasteiger partial charge in [-0.1, -0.05) is 46.3 Å². The zero-order chi connectivity index (χ0) is 15.4. The molecule has 0 radical (unpaired) electrons. The van der Waals surface area contributed by atoms with Gasteiger partial charge in [-0.3, -0.25) is 4.79 Å². The maximum atomic E-state index is 12.2. The fraction of sp³-hybridized carbons (Fsp3) is 0.0667. The van der Waals surface area contributed by atoms with Crippen molar-refractivity contribution in [3.05, 3.63) is 68.6 Å². The molecule has 6 heteroatoms. The average Bonchev–Trinajstić information content (AvgIpc) is 2.45. The summed E-state index contributed by atoms with van der Waals surface area (Å²) in [5.74, 6) is -1.56. The van der Waals surface area contributed by atoms with Crippen LogP contribution in [0.4, 0.5) is 0 Å². The van der Waals surface area contributed by atoms with E-state index in [2.05, 4.69) is 37.2 Å². The van der Waals surface area contributed by atoms with E-state index in [1.165, 1.54) is 0 Å². The molecule has 2 aromatic carbocycles. The molecule has 0 aliphatic heterocycles. The maximum Gasteiger partial charge on any atom is 0.330 e. The van der Waals surface area contributed by atoms with Crippen molar-refractivity contribution >= 4 is 43.7 Å². The minimum Gasteiger partial charge on any atom is -0.479 e. The first-order chi connectivity index (χ1) is 9.99. The highest BCUT2D eigenvalue weighted by Crippen LogP contribution is 2.23. The second-order valence-corrected chi connectivity index (χ2v) is 6.05. The monoisotopic (exact) mass is 411 g/mol. The van der Waals surface area contributed by atoms with E-state index in [0.717, 1.165) is 4.47 Å². The van der Waals surface area contributed by atoms with Crippen molar-refractivity contribution in [2.75, 3.05) is 0 Å². The molecule has 0 saturated carbocycles. The summed E-state index contributed by atoms with van der Waals surface area (Å²) in [6, 6.07) is 12.5. The molecule has 0 aromatic heterocycles. The number of carboxylic acid groups (broad SMARTS) is 1. The number of hydrogen-bond donors (Lipinski definition) is 2. The number of aliphatic carboxylic acids is 1. The predicted molar refractivity (Wildman–Crippen MR) is 86.1 cm³/mol. The number of carboxylic acids is 1. The normalized spacial score (nSPS) is 11.7. The van der Waals surface area contributed by atoms with Crippen molar-refractivity contribution in [1.29, 1.82) is 0 Å². The molecule has 2 N–H and O–H groups in total. The Balaban J connectivity index is 2.25. The third-order valence-corrected chi connectivity index (χ3v) is 3.98. The SMILES string of the molecule is O=C(N[C@H](C(=O)O)c1ccccc1)c1ccc(Br)cc1Br. The van der Waals surface area contributed by atoms with E-state index < -0.39 is 17.9 Å². The highest BCUT2D eigenvalue weighted by atomic mass is 79.9. The Labute approximate surface area is 138 Å². The van der Waals surface area contributed by atoms with Crippen LogP contribution in [0, 0.1) is 0 Å². The van der Waals surface area contributed by atoms with E-state index in [-0.39, 0.29) is 0 Å². The number of benzene rings is 2. The van der Waals surface area contributed by atoms with Crippen molar-refractivity contribution < 1.29 is 14.7 Å². The van der Waals surface area contributed by atoms with Gasteiger partial charge in [-0.15, -0.1) is 0 Å². The number of carbonyl (C=O) groups is 2. The van der Waals surface area contributed by atoms with Crippen molar-refractivity contribution in [2.45, 2.75) is 6.04 Å². The largest absolute Gasteiger partial charge is 0.479 e. The van der Waals surface area contributed by atoms with Crippen molar-refractivity contribution in [1.82, 2.24) is 5.32 Å². The molecule has 1 amide bonds. The molecule has 0 aliphatic rings. The molecule has 108 valence electrons. The van der Waals surface area contributed by atoms with Crippen LogP contribution in [0.5, 0.6) is 0 Å². The first-order valence-electron chi connectivity index (χ1n) is 6.02. The number of amides is 1. The lowest BCUT2D eigenvalue weighted by molar-refractivity contribution is -0.139. The van der Waals surface area contributed by atoms with Crippen LogP contribution in [0.25, 0.3) is 0 Å². The second-order valence-electron chi connectivity index (χ2n) is 4.28. The van der Waals surface area contributed by atoms with Gasteiger partial charge in [0.1, 0.15) is 0 Å². The molecule has 2 aromatic rings. The van der Waals surface area contributed by atoms with Crippen LogP contribution in [0.15, 0.2) is 57.5 Å². The molecular formula is C15H11Br2NO3. The maximum absolute atomic E-state index is 12.2. The second kappa shape index (κ2) is 6.87. The Morgan fingerprint density at radius 1 is 1.05 bits per heavy atom. The Bertz CT molecular complexity index is 674. The van der Waals surface area contributed by atoms with Crippen LogP contribution in [-0.2, 0) is 4.79 Å². The van der Waals surface area contributed by atoms with E-state index >= 15 is 0 Å². The summed E-state index contributed by atoms with van der Waals surface area (Å²) >= 11 is 6.59. The van der Waals surface area contributed by atoms with Gasteiger partial charge < -0.3 is 10.4 Å². The Hall–Kier alpha value is -1.66. The highest BCUT2D eigenvalue weighted by molar-refractivity contribution is 9.11. The summed E-state index contributed by atoms with van der Waals surface area (Å²) in [5.41, 5.74) is 0.895. The zero-order valence-electron chi connectivity index (χ0n) is 10.7. The Morgan fingerprint density at radius 2 is 1.71 bits per heavy atom. The minimum atomic E-state index is -1.11. The number of hydrogen-bond acceptors (Lipinski definition) is 2. The Morgan fingerprint density at radius 3 is 2.29 bits per heavy atom. The lowest BCUT2D eigenvalue weighted by Crippen LogP contribution is -2.33. The predicted octanol–water partition coefficient (Wildman–Crippen LogP) is 3.77. The van der Waals surface area contributed by atoms with Crippen molar-refractivity contribution in [3.8, 4) is 0 Å². The molecule has 4 nitrogen and oxygen atoms in total. The zero-order valence-corrected chi connectivity index (χ0v) is 13.9. The van der Waals surface area contributed by atoms with Gasteiger partial charge in [0.05, 0.1) is 5.56 Å². The van der Waals surface area contributed by atoms with Crippen LogP contribution >= 0.6 is 31.9 Å². The number of carbonyl (C=O) groups excluding carboxylic acids is 1. The summed E-state index contributed by atoms with van der Waals surface area (Å²) < 4.78 is 1.41. The fourth-order valence-electron chi connectivity index (χ4n) is 1.82. The Kier molecular flexibility index (Phi) is 5.14. The van der Waals surface area contributed by atoms with Gasteiger partial charge in [0.25, 0.3) is 5.91 Å². The molecule has 0 aliphatic carbocycles. The molecule has 0 fully saturated rings. The van der Waals surface area contributed by atoms with E-state index in [1.54, 1.807) is 48.5 Å². The standard InChI is InChI=1S/C15H11Br2NO3/c16-10-6-7-11(12(17)8-10)14(19)18-13(15(20)21)9-4-2-1-3-5-9/h1-8,13H,(H,18,19)(H,20,21)/t13-/m0/s1. The molecular weight excluding hydrogens is 402 g/mol. The summed E-state index contributed by atoms with van der Waals surface area (Å²) in [7, 11) is 0. The molecule has 1 atom stereocenters. The molecule has 21 heavy (non-hydrogen) atoms. The van der Waals surface area contributed by atoms with Gasteiger partial charge in [-0.05, 0) is 39.7 Å². The van der Waals surface area contributed by atoms with E-state index in [1.807, 2.05) is 0 Å². The van der Waals surface area contributed by atoms with E-state index in [9.17, 15) is 14.7 Å². The third kappa shape index (κ3) is 3.92. The molecule has 2 rings (SSSR count). The average molecular weight is 413 g/mol. The highest BCUT2D eigenvalue weighted by Gasteiger charge is 2.23. The van der Waals surface area contributed by atoms with Gasteiger partial charge in [0.15, 0.2) is 6.04 Å². The quantitative estimate of drug-likeness (QED) is 0.803. The van der Waals surface area contributed by atoms with E-state index in [4.69, 9.17) is 0 Å².